The number of aromatic nitrogens is 3. The van der Waals surface area contributed by atoms with Crippen LogP contribution in [0, 0.1) is 5.82 Å². The van der Waals surface area contributed by atoms with Crippen molar-refractivity contribution >= 4 is 32.8 Å². The Labute approximate surface area is 184 Å². The van der Waals surface area contributed by atoms with Crippen molar-refractivity contribution in [1.29, 1.82) is 0 Å². The number of carbonyl (C=O) groups is 1. The Morgan fingerprint density at radius 3 is 2.41 bits per heavy atom. The third-order valence-corrected chi connectivity index (χ3v) is 6.60. The van der Waals surface area contributed by atoms with Gasteiger partial charge in [0.2, 0.25) is 15.7 Å². The van der Waals surface area contributed by atoms with E-state index < -0.39 is 32.2 Å². The summed E-state index contributed by atoms with van der Waals surface area (Å²) in [5.74, 6) is -5.05. The highest BCUT2D eigenvalue weighted by Gasteiger charge is 2.30. The molecule has 0 saturated carbocycles. The molecule has 4 aromatic rings. The highest BCUT2D eigenvalue weighted by atomic mass is 32.2. The second-order valence-electron chi connectivity index (χ2n) is 6.38. The van der Waals surface area contributed by atoms with Gasteiger partial charge >= 0.3 is 5.76 Å². The summed E-state index contributed by atoms with van der Waals surface area (Å²) in [5, 5.41) is 8.25. The molecule has 0 spiro atoms. The van der Waals surface area contributed by atoms with Gasteiger partial charge in [0.15, 0.2) is 5.82 Å². The number of halogens is 3. The lowest BCUT2D eigenvalue weighted by atomic mass is 10.3. The average molecular weight is 478 g/mol. The van der Waals surface area contributed by atoms with Crippen LogP contribution in [0.15, 0.2) is 70.9 Å². The van der Waals surface area contributed by atoms with Gasteiger partial charge in [-0.1, -0.05) is 18.2 Å². The molecule has 12 heteroatoms. The first kappa shape index (κ1) is 21.7. The lowest BCUT2D eigenvalue weighted by molar-refractivity contribution is 0.101. The number of nitrogens with zero attached hydrogens (tertiary/aromatic N) is 3. The highest BCUT2D eigenvalue weighted by molar-refractivity contribution is 7.91. The number of amides is 1. The van der Waals surface area contributed by atoms with E-state index in [1.165, 1.54) is 58.5 Å². The topological polar surface area (TPSA) is 94.0 Å². The van der Waals surface area contributed by atoms with Crippen molar-refractivity contribution < 1.29 is 26.4 Å². The summed E-state index contributed by atoms with van der Waals surface area (Å²) in [6.07, 6.45) is 0. The Morgan fingerprint density at radius 2 is 1.75 bits per heavy atom. The number of para-hydroxylation sites is 1. The zero-order valence-corrected chi connectivity index (χ0v) is 17.6. The van der Waals surface area contributed by atoms with Crippen molar-refractivity contribution in [3.05, 3.63) is 77.7 Å². The summed E-state index contributed by atoms with van der Waals surface area (Å²) in [5.41, 5.74) is 0.107. The highest BCUT2D eigenvalue weighted by Crippen LogP contribution is 2.28. The molecule has 0 atom stereocenters. The van der Waals surface area contributed by atoms with Crippen LogP contribution in [0.1, 0.15) is 10.6 Å². The number of anilines is 1. The Kier molecular flexibility index (Phi) is 5.80. The minimum Gasteiger partial charge on any atom is -0.318 e. The number of thiophene rings is 1. The van der Waals surface area contributed by atoms with E-state index in [1.807, 2.05) is 0 Å². The average Bonchev–Trinajstić information content (AvgIpc) is 3.44. The molecule has 7 nitrogen and oxygen atoms in total. The normalized spacial score (nSPS) is 11.6. The van der Waals surface area contributed by atoms with Crippen LogP contribution in [-0.2, 0) is 9.84 Å². The molecular weight excluding hydrogens is 465 g/mol. The Hall–Kier alpha value is -3.51. The minimum atomic E-state index is -4.95. The molecule has 164 valence electrons. The number of sulfone groups is 1. The molecule has 0 radical (unpaired) electrons. The van der Waals surface area contributed by atoms with Gasteiger partial charge in [0, 0.05) is 0 Å². The number of hydrogen-bond acceptors (Lipinski definition) is 6. The van der Waals surface area contributed by atoms with Crippen LogP contribution in [0.5, 0.6) is 0 Å². The second-order valence-corrected chi connectivity index (χ2v) is 9.21. The van der Waals surface area contributed by atoms with Crippen LogP contribution in [0.4, 0.5) is 18.9 Å². The fourth-order valence-corrected chi connectivity index (χ4v) is 4.41. The standard InChI is InChI=1S/C20H13F3N4O3S2/c21-12-7-9-13(10-8-12)27-18(15-5-3-11-31-15)25-17(26-27)19(28)24-14-4-1-2-6-16(14)32(29,30)20(22)23/h1-11,20H,(H,24,28). The predicted octanol–water partition coefficient (Wildman–Crippen LogP) is 4.38. The van der Waals surface area contributed by atoms with Gasteiger partial charge in [-0.25, -0.2) is 22.5 Å². The third kappa shape index (κ3) is 4.14. The first-order valence-corrected chi connectivity index (χ1v) is 11.4. The van der Waals surface area contributed by atoms with E-state index in [0.717, 1.165) is 6.07 Å². The van der Waals surface area contributed by atoms with Crippen LogP contribution < -0.4 is 5.32 Å². The van der Waals surface area contributed by atoms with Crippen molar-refractivity contribution in [3.63, 3.8) is 0 Å². The first-order chi connectivity index (χ1) is 15.3. The molecule has 0 aliphatic rings. The Bertz CT molecular complexity index is 1370. The molecule has 4 rings (SSSR count). The van der Waals surface area contributed by atoms with Gasteiger partial charge in [-0.3, -0.25) is 4.79 Å². The fourth-order valence-electron chi connectivity index (χ4n) is 2.83. The molecule has 0 saturated heterocycles. The fraction of sp³-hybridized carbons (Fsp3) is 0.0500. The summed E-state index contributed by atoms with van der Waals surface area (Å²) in [4.78, 5) is 17.0. The number of rotatable bonds is 6. The van der Waals surface area contributed by atoms with Gasteiger partial charge in [-0.2, -0.15) is 8.78 Å². The van der Waals surface area contributed by atoms with E-state index in [0.29, 0.717) is 16.4 Å². The molecular formula is C20H13F3N4O3S2. The summed E-state index contributed by atoms with van der Waals surface area (Å²) in [6, 6.07) is 13.7. The Morgan fingerprint density at radius 1 is 1.03 bits per heavy atom. The Balaban J connectivity index is 1.74. The van der Waals surface area contributed by atoms with Crippen molar-refractivity contribution in [2.45, 2.75) is 10.7 Å². The van der Waals surface area contributed by atoms with Crippen LogP contribution in [0.25, 0.3) is 16.4 Å². The number of alkyl halides is 2. The van der Waals surface area contributed by atoms with Gasteiger partial charge in [0.1, 0.15) is 5.82 Å². The molecule has 2 heterocycles. The number of nitrogens with one attached hydrogen (secondary N) is 1. The number of benzene rings is 2. The van der Waals surface area contributed by atoms with E-state index in [2.05, 4.69) is 15.4 Å². The van der Waals surface area contributed by atoms with Crippen molar-refractivity contribution in [2.75, 3.05) is 5.32 Å². The molecule has 0 bridgehead atoms. The minimum absolute atomic E-state index is 0.297. The van der Waals surface area contributed by atoms with Crippen LogP contribution in [0.2, 0.25) is 0 Å². The maximum absolute atomic E-state index is 13.3. The van der Waals surface area contributed by atoms with Crippen LogP contribution in [0.3, 0.4) is 0 Å². The first-order valence-electron chi connectivity index (χ1n) is 8.96. The molecule has 1 amide bonds. The van der Waals surface area contributed by atoms with Crippen LogP contribution in [-0.4, -0.2) is 34.8 Å². The predicted molar refractivity (Wildman–Crippen MR) is 112 cm³/mol. The summed E-state index contributed by atoms with van der Waals surface area (Å²) >= 11 is 1.33. The molecule has 0 fully saturated rings. The molecule has 0 aliphatic heterocycles. The third-order valence-electron chi connectivity index (χ3n) is 4.30. The SMILES string of the molecule is O=C(Nc1ccccc1S(=O)(=O)C(F)F)c1nc(-c2cccs2)n(-c2ccc(F)cc2)n1. The number of carbonyl (C=O) groups excluding carboxylic acids is 1. The quantitative estimate of drug-likeness (QED) is 0.444. The van der Waals surface area contributed by atoms with Crippen molar-refractivity contribution in [2.24, 2.45) is 0 Å². The van der Waals surface area contributed by atoms with Gasteiger partial charge in [-0.15, -0.1) is 16.4 Å². The van der Waals surface area contributed by atoms with E-state index >= 15 is 0 Å². The maximum atomic E-state index is 13.3. The van der Waals surface area contributed by atoms with E-state index in [1.54, 1.807) is 17.5 Å². The molecule has 2 aromatic carbocycles. The van der Waals surface area contributed by atoms with Crippen LogP contribution >= 0.6 is 11.3 Å². The molecule has 1 N–H and O–H groups in total. The summed E-state index contributed by atoms with van der Waals surface area (Å²) < 4.78 is 64.6. The van der Waals surface area contributed by atoms with Gasteiger partial charge in [-0.05, 0) is 47.8 Å². The summed E-state index contributed by atoms with van der Waals surface area (Å²) in [7, 11) is -4.95. The van der Waals surface area contributed by atoms with Crippen molar-refractivity contribution in [3.8, 4) is 16.4 Å². The molecule has 32 heavy (non-hydrogen) atoms. The smallest absolute Gasteiger partial charge is 0.318 e. The molecule has 0 aliphatic carbocycles. The monoisotopic (exact) mass is 478 g/mol. The molecule has 0 unspecified atom stereocenters. The van der Waals surface area contributed by atoms with Gasteiger partial charge in [0.05, 0.1) is 21.1 Å². The van der Waals surface area contributed by atoms with Gasteiger partial charge < -0.3 is 5.32 Å². The maximum Gasteiger partial charge on any atom is 0.341 e. The van der Waals surface area contributed by atoms with E-state index in [-0.39, 0.29) is 11.5 Å². The number of hydrogen-bond donors (Lipinski definition) is 1. The van der Waals surface area contributed by atoms with Gasteiger partial charge in [0.25, 0.3) is 5.91 Å². The van der Waals surface area contributed by atoms with E-state index in [4.69, 9.17) is 0 Å². The zero-order valence-electron chi connectivity index (χ0n) is 15.9. The lowest BCUT2D eigenvalue weighted by Crippen LogP contribution is -2.19. The van der Waals surface area contributed by atoms with E-state index in [9.17, 15) is 26.4 Å². The zero-order chi connectivity index (χ0) is 22.9. The summed E-state index contributed by atoms with van der Waals surface area (Å²) in [6.45, 7) is 0. The van der Waals surface area contributed by atoms with Crippen molar-refractivity contribution in [1.82, 2.24) is 14.8 Å². The second kappa shape index (κ2) is 8.55. The lowest BCUT2D eigenvalue weighted by Gasteiger charge is -2.10. The largest absolute Gasteiger partial charge is 0.341 e. The molecule has 2 aromatic heterocycles.